The Balaban J connectivity index is 2.48. The maximum absolute atomic E-state index is 4.72. The van der Waals surface area contributed by atoms with Gasteiger partial charge in [0.25, 0.3) is 0 Å². The van der Waals surface area contributed by atoms with E-state index in [4.69, 9.17) is 4.98 Å². The smallest absolute Gasteiger partial charge is 0.113 e. The number of fused-ring (bicyclic) bond motifs is 1. The minimum absolute atomic E-state index is 0.633. The van der Waals surface area contributed by atoms with Crippen LogP contribution in [0.15, 0.2) is 24.4 Å². The third-order valence-electron chi connectivity index (χ3n) is 2.63. The van der Waals surface area contributed by atoms with Gasteiger partial charge in [0, 0.05) is 19.2 Å². The first kappa shape index (κ1) is 11.1. The van der Waals surface area contributed by atoms with E-state index in [1.165, 1.54) is 5.52 Å². The molecule has 0 spiro atoms. The van der Waals surface area contributed by atoms with Crippen LogP contribution in [-0.4, -0.2) is 16.4 Å². The molecule has 3 heteroatoms. The van der Waals surface area contributed by atoms with E-state index >= 15 is 0 Å². The van der Waals surface area contributed by atoms with Crippen LogP contribution < -0.4 is 5.32 Å². The summed E-state index contributed by atoms with van der Waals surface area (Å²) in [7, 11) is 1.95. The topological polar surface area (TPSA) is 29.3 Å². The second-order valence-corrected chi connectivity index (χ2v) is 4.56. The van der Waals surface area contributed by atoms with Gasteiger partial charge in [0.05, 0.1) is 11.2 Å². The SMILES string of the molecule is CNCc1nc(CC(C)C)n2ccccc12. The second kappa shape index (κ2) is 4.66. The molecule has 0 saturated carbocycles. The molecular weight excluding hydrogens is 198 g/mol. The summed E-state index contributed by atoms with van der Waals surface area (Å²) >= 11 is 0. The summed E-state index contributed by atoms with van der Waals surface area (Å²) in [4.78, 5) is 4.72. The van der Waals surface area contributed by atoms with Crippen LogP contribution in [0.1, 0.15) is 25.4 Å². The Morgan fingerprint density at radius 1 is 1.38 bits per heavy atom. The molecule has 0 aliphatic heterocycles. The predicted molar refractivity (Wildman–Crippen MR) is 66.5 cm³/mol. The number of nitrogens with zero attached hydrogens (tertiary/aromatic N) is 2. The highest BCUT2D eigenvalue weighted by Gasteiger charge is 2.10. The van der Waals surface area contributed by atoms with Gasteiger partial charge >= 0.3 is 0 Å². The van der Waals surface area contributed by atoms with Crippen molar-refractivity contribution in [3.8, 4) is 0 Å². The Hall–Kier alpha value is -1.35. The van der Waals surface area contributed by atoms with Crippen LogP contribution in [0.3, 0.4) is 0 Å². The quantitative estimate of drug-likeness (QED) is 0.851. The van der Waals surface area contributed by atoms with E-state index < -0.39 is 0 Å². The lowest BCUT2D eigenvalue weighted by Crippen LogP contribution is -2.05. The van der Waals surface area contributed by atoms with Crippen molar-refractivity contribution in [2.75, 3.05) is 7.05 Å². The first-order valence-corrected chi connectivity index (χ1v) is 5.81. The molecule has 0 aromatic carbocycles. The summed E-state index contributed by atoms with van der Waals surface area (Å²) in [6, 6.07) is 6.25. The zero-order chi connectivity index (χ0) is 11.5. The number of pyridine rings is 1. The molecule has 0 bridgehead atoms. The Morgan fingerprint density at radius 3 is 2.88 bits per heavy atom. The monoisotopic (exact) mass is 217 g/mol. The molecule has 3 nitrogen and oxygen atoms in total. The highest BCUT2D eigenvalue weighted by Crippen LogP contribution is 2.15. The molecule has 2 rings (SSSR count). The number of nitrogens with one attached hydrogen (secondary N) is 1. The molecule has 2 aromatic heterocycles. The average molecular weight is 217 g/mol. The number of rotatable bonds is 4. The van der Waals surface area contributed by atoms with Crippen molar-refractivity contribution >= 4 is 5.52 Å². The van der Waals surface area contributed by atoms with E-state index in [0.717, 1.165) is 24.5 Å². The lowest BCUT2D eigenvalue weighted by molar-refractivity contribution is 0.617. The van der Waals surface area contributed by atoms with Gasteiger partial charge in [-0.3, -0.25) is 0 Å². The third kappa shape index (κ3) is 2.09. The Morgan fingerprint density at radius 2 is 2.19 bits per heavy atom. The highest BCUT2D eigenvalue weighted by molar-refractivity contribution is 5.53. The highest BCUT2D eigenvalue weighted by atomic mass is 15.0. The molecular formula is C13H19N3. The van der Waals surface area contributed by atoms with Crippen LogP contribution >= 0.6 is 0 Å². The average Bonchev–Trinajstić information content (AvgIpc) is 2.58. The molecule has 2 heterocycles. The molecule has 0 unspecified atom stereocenters. The van der Waals surface area contributed by atoms with Crippen molar-refractivity contribution in [2.24, 2.45) is 5.92 Å². The van der Waals surface area contributed by atoms with Crippen LogP contribution in [0.25, 0.3) is 5.52 Å². The third-order valence-corrected chi connectivity index (χ3v) is 2.63. The normalized spacial score (nSPS) is 11.5. The van der Waals surface area contributed by atoms with E-state index in [1.807, 2.05) is 7.05 Å². The number of imidazole rings is 1. The predicted octanol–water partition coefficient (Wildman–Crippen LogP) is 2.25. The number of aromatic nitrogens is 2. The first-order chi connectivity index (χ1) is 7.72. The Bertz CT molecular complexity index is 471. The maximum atomic E-state index is 4.72. The van der Waals surface area contributed by atoms with Crippen LogP contribution in [0.4, 0.5) is 0 Å². The van der Waals surface area contributed by atoms with E-state index in [9.17, 15) is 0 Å². The Labute approximate surface area is 96.5 Å². The van der Waals surface area contributed by atoms with Crippen molar-refractivity contribution in [3.63, 3.8) is 0 Å². The second-order valence-electron chi connectivity index (χ2n) is 4.56. The summed E-state index contributed by atoms with van der Waals surface area (Å²) in [6.07, 6.45) is 3.12. The van der Waals surface area contributed by atoms with Gasteiger partial charge in [0.1, 0.15) is 5.82 Å². The molecule has 1 N–H and O–H groups in total. The van der Waals surface area contributed by atoms with E-state index in [2.05, 4.69) is 48.0 Å². The molecule has 0 atom stereocenters. The summed E-state index contributed by atoms with van der Waals surface area (Å²) < 4.78 is 2.20. The van der Waals surface area contributed by atoms with Crippen LogP contribution in [0, 0.1) is 5.92 Å². The lowest BCUT2D eigenvalue weighted by Gasteiger charge is -2.03. The minimum atomic E-state index is 0.633. The summed E-state index contributed by atoms with van der Waals surface area (Å²) in [5, 5.41) is 3.17. The van der Waals surface area contributed by atoms with Gasteiger partial charge in [-0.25, -0.2) is 4.98 Å². The van der Waals surface area contributed by atoms with Crippen LogP contribution in [-0.2, 0) is 13.0 Å². The largest absolute Gasteiger partial charge is 0.314 e. The van der Waals surface area contributed by atoms with E-state index in [-0.39, 0.29) is 0 Å². The zero-order valence-corrected chi connectivity index (χ0v) is 10.2. The van der Waals surface area contributed by atoms with Crippen molar-refractivity contribution in [2.45, 2.75) is 26.8 Å². The fraction of sp³-hybridized carbons (Fsp3) is 0.462. The van der Waals surface area contributed by atoms with Gasteiger partial charge in [-0.05, 0) is 25.1 Å². The van der Waals surface area contributed by atoms with Crippen molar-refractivity contribution in [3.05, 3.63) is 35.9 Å². The van der Waals surface area contributed by atoms with Crippen molar-refractivity contribution < 1.29 is 0 Å². The standard InChI is InChI=1S/C13H19N3/c1-10(2)8-13-15-11(9-14-3)12-6-4-5-7-16(12)13/h4-7,10,14H,8-9H2,1-3H3. The van der Waals surface area contributed by atoms with E-state index in [0.29, 0.717) is 5.92 Å². The lowest BCUT2D eigenvalue weighted by atomic mass is 10.1. The first-order valence-electron chi connectivity index (χ1n) is 5.81. The van der Waals surface area contributed by atoms with Gasteiger partial charge in [-0.1, -0.05) is 19.9 Å². The summed E-state index contributed by atoms with van der Waals surface area (Å²) in [5.74, 6) is 1.80. The molecule has 0 saturated heterocycles. The Kier molecular flexibility index (Phi) is 3.25. The van der Waals surface area contributed by atoms with Gasteiger partial charge in [0.2, 0.25) is 0 Å². The number of hydrogen-bond donors (Lipinski definition) is 1. The molecule has 0 aliphatic carbocycles. The van der Waals surface area contributed by atoms with Crippen LogP contribution in [0.5, 0.6) is 0 Å². The van der Waals surface area contributed by atoms with Gasteiger partial charge in [0.15, 0.2) is 0 Å². The molecule has 0 amide bonds. The summed E-state index contributed by atoms with van der Waals surface area (Å²) in [5.41, 5.74) is 2.35. The summed E-state index contributed by atoms with van der Waals surface area (Å²) in [6.45, 7) is 5.27. The molecule has 0 fully saturated rings. The van der Waals surface area contributed by atoms with Crippen molar-refractivity contribution in [1.82, 2.24) is 14.7 Å². The maximum Gasteiger partial charge on any atom is 0.113 e. The zero-order valence-electron chi connectivity index (χ0n) is 10.2. The molecule has 86 valence electrons. The minimum Gasteiger partial charge on any atom is -0.314 e. The van der Waals surface area contributed by atoms with E-state index in [1.54, 1.807) is 0 Å². The van der Waals surface area contributed by atoms with Crippen LogP contribution in [0.2, 0.25) is 0 Å². The molecule has 0 radical (unpaired) electrons. The van der Waals surface area contributed by atoms with Gasteiger partial charge < -0.3 is 9.72 Å². The molecule has 16 heavy (non-hydrogen) atoms. The van der Waals surface area contributed by atoms with Gasteiger partial charge in [-0.15, -0.1) is 0 Å². The molecule has 2 aromatic rings. The van der Waals surface area contributed by atoms with Gasteiger partial charge in [-0.2, -0.15) is 0 Å². The number of hydrogen-bond acceptors (Lipinski definition) is 2. The fourth-order valence-corrected chi connectivity index (χ4v) is 1.98. The fourth-order valence-electron chi connectivity index (χ4n) is 1.98. The van der Waals surface area contributed by atoms with Crippen molar-refractivity contribution in [1.29, 1.82) is 0 Å². The molecule has 0 aliphatic rings.